The molecule has 156 valence electrons. The number of nitrogens with one attached hydrogen (secondary N) is 2. The standard InChI is InChI=1S/C20H20N4O5S/c1-2-17(19(25)24-15-7-9-16(10-8-15)30(21,27)28)29-20(26)14-5-3-13(4-6-14)18-22-11-12-23-18/h3-12,17H,2H2,1H3,(H,22,23)(H,24,25)(H2,21,27,28). The molecule has 0 aliphatic carbocycles. The van der Waals surface area contributed by atoms with Crippen molar-refractivity contribution >= 4 is 27.6 Å². The molecular formula is C20H20N4O5S. The van der Waals surface area contributed by atoms with E-state index < -0.39 is 28.0 Å². The predicted octanol–water partition coefficient (Wildman–Crippen LogP) is 2.30. The molecule has 30 heavy (non-hydrogen) atoms. The topological polar surface area (TPSA) is 144 Å². The van der Waals surface area contributed by atoms with Crippen LogP contribution in [-0.2, 0) is 19.6 Å². The first kappa shape index (κ1) is 21.2. The van der Waals surface area contributed by atoms with Crippen molar-refractivity contribution in [3.05, 3.63) is 66.5 Å². The molecule has 1 unspecified atom stereocenters. The van der Waals surface area contributed by atoms with Crippen molar-refractivity contribution < 1.29 is 22.7 Å². The number of hydrogen-bond donors (Lipinski definition) is 3. The van der Waals surface area contributed by atoms with Crippen molar-refractivity contribution in [1.82, 2.24) is 9.97 Å². The monoisotopic (exact) mass is 428 g/mol. The minimum Gasteiger partial charge on any atom is -0.449 e. The van der Waals surface area contributed by atoms with Gasteiger partial charge in [-0.2, -0.15) is 0 Å². The number of aromatic nitrogens is 2. The molecule has 1 atom stereocenters. The molecule has 0 saturated carbocycles. The van der Waals surface area contributed by atoms with Gasteiger partial charge in [0.1, 0.15) is 5.82 Å². The minimum atomic E-state index is -3.82. The second-order valence-electron chi connectivity index (χ2n) is 6.38. The van der Waals surface area contributed by atoms with Crippen LogP contribution in [-0.4, -0.2) is 36.4 Å². The highest BCUT2D eigenvalue weighted by atomic mass is 32.2. The van der Waals surface area contributed by atoms with E-state index in [9.17, 15) is 18.0 Å². The zero-order valence-corrected chi connectivity index (χ0v) is 16.8. The Bertz CT molecular complexity index is 1120. The molecule has 2 aromatic carbocycles. The van der Waals surface area contributed by atoms with Crippen LogP contribution in [0.2, 0.25) is 0 Å². The average molecular weight is 428 g/mol. The molecular weight excluding hydrogens is 408 g/mol. The predicted molar refractivity (Wildman–Crippen MR) is 110 cm³/mol. The molecule has 9 nitrogen and oxygen atoms in total. The third-order valence-corrected chi connectivity index (χ3v) is 5.18. The molecule has 3 aromatic rings. The van der Waals surface area contributed by atoms with Crippen LogP contribution in [0.5, 0.6) is 0 Å². The number of sulfonamides is 1. The Hall–Kier alpha value is -3.50. The van der Waals surface area contributed by atoms with E-state index >= 15 is 0 Å². The number of nitrogens with zero attached hydrogens (tertiary/aromatic N) is 1. The van der Waals surface area contributed by atoms with E-state index in [1.54, 1.807) is 43.6 Å². The van der Waals surface area contributed by atoms with Gasteiger partial charge in [-0.15, -0.1) is 0 Å². The zero-order valence-electron chi connectivity index (χ0n) is 16.0. The first-order chi connectivity index (χ1) is 14.3. The molecule has 1 amide bonds. The van der Waals surface area contributed by atoms with E-state index in [4.69, 9.17) is 9.88 Å². The quantitative estimate of drug-likeness (QED) is 0.493. The van der Waals surface area contributed by atoms with Crippen LogP contribution in [0.15, 0.2) is 65.8 Å². The first-order valence-electron chi connectivity index (χ1n) is 9.02. The highest BCUT2D eigenvalue weighted by Gasteiger charge is 2.22. The lowest BCUT2D eigenvalue weighted by molar-refractivity contribution is -0.124. The highest BCUT2D eigenvalue weighted by molar-refractivity contribution is 7.89. The van der Waals surface area contributed by atoms with E-state index in [0.717, 1.165) is 5.56 Å². The summed E-state index contributed by atoms with van der Waals surface area (Å²) in [5.41, 5.74) is 1.46. The summed E-state index contributed by atoms with van der Waals surface area (Å²) < 4.78 is 27.9. The molecule has 0 bridgehead atoms. The average Bonchev–Trinajstić information content (AvgIpc) is 3.26. The van der Waals surface area contributed by atoms with Gasteiger partial charge in [-0.3, -0.25) is 4.79 Å². The molecule has 0 fully saturated rings. The second-order valence-corrected chi connectivity index (χ2v) is 7.94. The zero-order chi connectivity index (χ0) is 21.7. The Morgan fingerprint density at radius 3 is 2.33 bits per heavy atom. The lowest BCUT2D eigenvalue weighted by Gasteiger charge is -2.16. The van der Waals surface area contributed by atoms with Crippen molar-refractivity contribution in [1.29, 1.82) is 0 Å². The number of carbonyl (C=O) groups is 2. The molecule has 4 N–H and O–H groups in total. The molecule has 10 heteroatoms. The highest BCUT2D eigenvalue weighted by Crippen LogP contribution is 2.17. The van der Waals surface area contributed by atoms with Gasteiger partial charge in [-0.25, -0.2) is 23.3 Å². The van der Waals surface area contributed by atoms with Crippen LogP contribution in [0.1, 0.15) is 23.7 Å². The second kappa shape index (κ2) is 8.89. The molecule has 0 spiro atoms. The molecule has 0 aliphatic rings. The van der Waals surface area contributed by atoms with Gasteiger partial charge in [0.25, 0.3) is 5.91 Å². The van der Waals surface area contributed by atoms with Crippen molar-refractivity contribution in [2.75, 3.05) is 5.32 Å². The molecule has 0 saturated heterocycles. The number of amides is 1. The summed E-state index contributed by atoms with van der Waals surface area (Å²) in [4.78, 5) is 31.9. The third-order valence-electron chi connectivity index (χ3n) is 4.26. The van der Waals surface area contributed by atoms with E-state index in [1.807, 2.05) is 0 Å². The summed E-state index contributed by atoms with van der Waals surface area (Å²) in [6.45, 7) is 1.71. The number of primary sulfonamides is 1. The van der Waals surface area contributed by atoms with Gasteiger partial charge in [0.05, 0.1) is 10.5 Å². The van der Waals surface area contributed by atoms with E-state index in [-0.39, 0.29) is 11.3 Å². The van der Waals surface area contributed by atoms with Gasteiger partial charge >= 0.3 is 5.97 Å². The summed E-state index contributed by atoms with van der Waals surface area (Å²) in [6, 6.07) is 12.0. The van der Waals surface area contributed by atoms with Crippen LogP contribution in [0.25, 0.3) is 11.4 Å². The maximum atomic E-state index is 12.5. The number of nitrogens with two attached hydrogens (primary N) is 1. The number of carbonyl (C=O) groups excluding carboxylic acids is 2. The molecule has 1 heterocycles. The fourth-order valence-electron chi connectivity index (χ4n) is 2.66. The van der Waals surface area contributed by atoms with Crippen LogP contribution in [0.4, 0.5) is 5.69 Å². The largest absolute Gasteiger partial charge is 0.449 e. The van der Waals surface area contributed by atoms with E-state index in [0.29, 0.717) is 17.1 Å². The van der Waals surface area contributed by atoms with E-state index in [1.165, 1.54) is 24.3 Å². The summed E-state index contributed by atoms with van der Waals surface area (Å²) >= 11 is 0. The Balaban J connectivity index is 1.64. The van der Waals surface area contributed by atoms with Crippen LogP contribution in [0.3, 0.4) is 0 Å². The van der Waals surface area contributed by atoms with E-state index in [2.05, 4.69) is 15.3 Å². The van der Waals surface area contributed by atoms with Crippen LogP contribution in [0, 0.1) is 0 Å². The SMILES string of the molecule is CCC(OC(=O)c1ccc(-c2ncc[nH]2)cc1)C(=O)Nc1ccc(S(N)(=O)=O)cc1. The van der Waals surface area contributed by atoms with Crippen molar-refractivity contribution in [3.63, 3.8) is 0 Å². The van der Waals surface area contributed by atoms with Gasteiger partial charge in [0.15, 0.2) is 6.10 Å². The van der Waals surface area contributed by atoms with Gasteiger partial charge in [-0.05, 0) is 42.8 Å². The number of hydrogen-bond acceptors (Lipinski definition) is 6. The van der Waals surface area contributed by atoms with Gasteiger partial charge in [0.2, 0.25) is 10.0 Å². The number of esters is 1. The summed E-state index contributed by atoms with van der Waals surface area (Å²) in [5.74, 6) is -0.483. The third kappa shape index (κ3) is 5.10. The Morgan fingerprint density at radius 2 is 1.80 bits per heavy atom. The number of H-pyrrole nitrogens is 1. The minimum absolute atomic E-state index is 0.0723. The van der Waals surface area contributed by atoms with Crippen molar-refractivity contribution in [2.45, 2.75) is 24.3 Å². The Kier molecular flexibility index (Phi) is 6.28. The number of rotatable bonds is 7. The maximum absolute atomic E-state index is 12.5. The maximum Gasteiger partial charge on any atom is 0.338 e. The summed E-state index contributed by atoms with van der Waals surface area (Å²) in [5, 5.41) is 7.64. The summed E-state index contributed by atoms with van der Waals surface area (Å²) in [7, 11) is -3.82. The molecule has 0 radical (unpaired) electrons. The van der Waals surface area contributed by atoms with Crippen molar-refractivity contribution in [2.24, 2.45) is 5.14 Å². The lowest BCUT2D eigenvalue weighted by atomic mass is 10.1. The fourth-order valence-corrected chi connectivity index (χ4v) is 3.17. The molecule has 1 aromatic heterocycles. The number of aromatic amines is 1. The summed E-state index contributed by atoms with van der Waals surface area (Å²) in [6.07, 6.45) is 2.58. The van der Waals surface area contributed by atoms with Crippen LogP contribution >= 0.6 is 0 Å². The number of ether oxygens (including phenoxy) is 1. The Morgan fingerprint density at radius 1 is 1.13 bits per heavy atom. The first-order valence-corrected chi connectivity index (χ1v) is 10.6. The van der Waals surface area contributed by atoms with Crippen LogP contribution < -0.4 is 10.5 Å². The number of imidazole rings is 1. The normalized spacial score (nSPS) is 12.2. The fraction of sp³-hybridized carbons (Fsp3) is 0.150. The molecule has 0 aliphatic heterocycles. The van der Waals surface area contributed by atoms with Crippen molar-refractivity contribution in [3.8, 4) is 11.4 Å². The molecule has 3 rings (SSSR count). The Labute approximate surface area is 173 Å². The van der Waals surface area contributed by atoms with Gasteiger partial charge in [-0.1, -0.05) is 19.1 Å². The lowest BCUT2D eigenvalue weighted by Crippen LogP contribution is -2.32. The smallest absolute Gasteiger partial charge is 0.338 e. The number of benzene rings is 2. The van der Waals surface area contributed by atoms with Gasteiger partial charge in [0, 0.05) is 23.6 Å². The van der Waals surface area contributed by atoms with Gasteiger partial charge < -0.3 is 15.0 Å². The number of anilines is 1.